The lowest BCUT2D eigenvalue weighted by Crippen LogP contribution is -1.99. The van der Waals surface area contributed by atoms with Crippen LogP contribution in [0, 0.1) is 0 Å². The van der Waals surface area contributed by atoms with Crippen molar-refractivity contribution in [2.24, 2.45) is 0 Å². The molecule has 0 amide bonds. The minimum absolute atomic E-state index is 0.0706. The van der Waals surface area contributed by atoms with Gasteiger partial charge in [-0.3, -0.25) is 4.79 Å². The molecular formula is C7H10N2O3. The molecule has 0 aromatic carbocycles. The van der Waals surface area contributed by atoms with E-state index in [0.29, 0.717) is 12.1 Å². The molecule has 0 aliphatic heterocycles. The van der Waals surface area contributed by atoms with Crippen LogP contribution in [-0.2, 0) is 17.6 Å². The van der Waals surface area contributed by atoms with E-state index in [1.54, 1.807) is 0 Å². The van der Waals surface area contributed by atoms with E-state index in [0.717, 1.165) is 12.1 Å². The largest absolute Gasteiger partial charge is 0.481 e. The van der Waals surface area contributed by atoms with Gasteiger partial charge in [-0.15, -0.1) is 0 Å². The third kappa shape index (κ3) is 2.05. The summed E-state index contributed by atoms with van der Waals surface area (Å²) in [6.45, 7) is 1.92. The van der Waals surface area contributed by atoms with E-state index >= 15 is 0 Å². The van der Waals surface area contributed by atoms with Gasteiger partial charge in [0.2, 0.25) is 0 Å². The number of carbonyl (C=O) groups is 1. The van der Waals surface area contributed by atoms with Gasteiger partial charge in [0.05, 0.1) is 6.42 Å². The molecule has 0 saturated carbocycles. The second kappa shape index (κ2) is 3.85. The zero-order valence-corrected chi connectivity index (χ0v) is 6.78. The highest BCUT2D eigenvalue weighted by Crippen LogP contribution is 2.05. The number of aromatic nitrogens is 2. The van der Waals surface area contributed by atoms with Crippen molar-refractivity contribution in [3.63, 3.8) is 0 Å². The topological polar surface area (TPSA) is 76.2 Å². The van der Waals surface area contributed by atoms with E-state index in [-0.39, 0.29) is 6.42 Å². The maximum absolute atomic E-state index is 10.2. The monoisotopic (exact) mass is 170 g/mol. The summed E-state index contributed by atoms with van der Waals surface area (Å²) in [5.41, 5.74) is 1.40. The Morgan fingerprint density at radius 2 is 2.17 bits per heavy atom. The van der Waals surface area contributed by atoms with Gasteiger partial charge in [0, 0.05) is 6.42 Å². The lowest BCUT2D eigenvalue weighted by atomic mass is 10.2. The number of rotatable bonds is 4. The van der Waals surface area contributed by atoms with Crippen LogP contribution in [0.15, 0.2) is 4.63 Å². The minimum atomic E-state index is -0.833. The van der Waals surface area contributed by atoms with Gasteiger partial charge in [0.1, 0.15) is 11.4 Å². The molecule has 0 unspecified atom stereocenters. The summed E-state index contributed by atoms with van der Waals surface area (Å²) in [5.74, 6) is -0.833. The Morgan fingerprint density at radius 1 is 1.50 bits per heavy atom. The van der Waals surface area contributed by atoms with Crippen molar-refractivity contribution in [2.75, 3.05) is 0 Å². The van der Waals surface area contributed by atoms with E-state index in [1.807, 2.05) is 6.92 Å². The molecule has 0 aliphatic carbocycles. The average Bonchev–Trinajstić information content (AvgIpc) is 2.47. The molecule has 0 radical (unpaired) electrons. The van der Waals surface area contributed by atoms with Crippen molar-refractivity contribution in [3.05, 3.63) is 11.4 Å². The fraction of sp³-hybridized carbons (Fsp3) is 0.571. The number of aryl methyl sites for hydroxylation is 2. The second-order valence-corrected chi connectivity index (χ2v) is 2.40. The fourth-order valence-corrected chi connectivity index (χ4v) is 0.908. The molecular weight excluding hydrogens is 160 g/mol. The molecule has 1 aromatic rings. The summed E-state index contributed by atoms with van der Waals surface area (Å²) in [4.78, 5) is 10.2. The number of nitrogens with zero attached hydrogens (tertiary/aromatic N) is 2. The Morgan fingerprint density at radius 3 is 2.75 bits per heavy atom. The van der Waals surface area contributed by atoms with Crippen LogP contribution >= 0.6 is 0 Å². The lowest BCUT2D eigenvalue weighted by molar-refractivity contribution is -0.136. The van der Waals surface area contributed by atoms with Crippen molar-refractivity contribution in [3.8, 4) is 0 Å². The number of carboxylic acids is 1. The molecule has 1 heterocycles. The highest BCUT2D eigenvalue weighted by atomic mass is 16.6. The second-order valence-electron chi connectivity index (χ2n) is 2.40. The van der Waals surface area contributed by atoms with E-state index in [4.69, 9.17) is 5.11 Å². The van der Waals surface area contributed by atoms with Crippen LogP contribution in [0.3, 0.4) is 0 Å². The highest BCUT2D eigenvalue weighted by molar-refractivity contribution is 5.66. The molecule has 0 fully saturated rings. The molecule has 0 saturated heterocycles. The summed E-state index contributed by atoms with van der Waals surface area (Å²) in [7, 11) is 0. The summed E-state index contributed by atoms with van der Waals surface area (Å²) < 4.78 is 4.48. The van der Waals surface area contributed by atoms with E-state index in [2.05, 4.69) is 14.9 Å². The Labute approximate surface area is 69.3 Å². The van der Waals surface area contributed by atoms with Crippen molar-refractivity contribution in [2.45, 2.75) is 26.2 Å². The van der Waals surface area contributed by atoms with Gasteiger partial charge >= 0.3 is 5.97 Å². The fourth-order valence-electron chi connectivity index (χ4n) is 0.908. The first-order chi connectivity index (χ1) is 5.74. The normalized spacial score (nSPS) is 10.1. The standard InChI is InChI=1S/C7H10N2O3/c1-2-5-6(9-12-8-5)3-4-7(10)11/h2-4H2,1H3,(H,10,11). The minimum Gasteiger partial charge on any atom is -0.481 e. The van der Waals surface area contributed by atoms with Gasteiger partial charge in [-0.1, -0.05) is 17.2 Å². The van der Waals surface area contributed by atoms with Gasteiger partial charge in [-0.25, -0.2) is 4.63 Å². The molecule has 5 heteroatoms. The van der Waals surface area contributed by atoms with Gasteiger partial charge < -0.3 is 5.11 Å². The van der Waals surface area contributed by atoms with Gasteiger partial charge in [-0.05, 0) is 6.42 Å². The van der Waals surface area contributed by atoms with Crippen LogP contribution in [0.25, 0.3) is 0 Å². The third-order valence-electron chi connectivity index (χ3n) is 1.55. The zero-order chi connectivity index (χ0) is 8.97. The SMILES string of the molecule is CCc1nonc1CCC(=O)O. The van der Waals surface area contributed by atoms with Gasteiger partial charge in [0.15, 0.2) is 0 Å². The molecule has 0 bridgehead atoms. The molecule has 5 nitrogen and oxygen atoms in total. The van der Waals surface area contributed by atoms with E-state index < -0.39 is 5.97 Å². The third-order valence-corrected chi connectivity index (χ3v) is 1.55. The molecule has 12 heavy (non-hydrogen) atoms. The lowest BCUT2D eigenvalue weighted by Gasteiger charge is -1.92. The maximum Gasteiger partial charge on any atom is 0.303 e. The Bertz CT molecular complexity index is 269. The first-order valence-electron chi connectivity index (χ1n) is 3.76. The molecule has 0 aliphatic rings. The van der Waals surface area contributed by atoms with E-state index in [1.165, 1.54) is 0 Å². The molecule has 1 rings (SSSR count). The molecule has 0 spiro atoms. The van der Waals surface area contributed by atoms with Gasteiger partial charge in [-0.2, -0.15) is 0 Å². The summed E-state index contributed by atoms with van der Waals surface area (Å²) in [6.07, 6.45) is 1.18. The van der Waals surface area contributed by atoms with Crippen LogP contribution in [0.5, 0.6) is 0 Å². The Hall–Kier alpha value is -1.39. The molecule has 1 N–H and O–H groups in total. The maximum atomic E-state index is 10.2. The summed E-state index contributed by atoms with van der Waals surface area (Å²) in [5, 5.41) is 15.6. The molecule has 66 valence electrons. The van der Waals surface area contributed by atoms with Crippen LogP contribution in [0.4, 0.5) is 0 Å². The average molecular weight is 170 g/mol. The Balaban J connectivity index is 2.56. The number of hydrogen-bond donors (Lipinski definition) is 1. The first-order valence-corrected chi connectivity index (χ1v) is 3.76. The van der Waals surface area contributed by atoms with Crippen molar-refractivity contribution < 1.29 is 14.5 Å². The van der Waals surface area contributed by atoms with Crippen LogP contribution < -0.4 is 0 Å². The van der Waals surface area contributed by atoms with Crippen LogP contribution in [-0.4, -0.2) is 21.4 Å². The van der Waals surface area contributed by atoms with Crippen molar-refractivity contribution in [1.29, 1.82) is 0 Å². The number of carboxylic acid groups (broad SMARTS) is 1. The summed E-state index contributed by atoms with van der Waals surface area (Å²) in [6, 6.07) is 0. The van der Waals surface area contributed by atoms with E-state index in [9.17, 15) is 4.79 Å². The Kier molecular flexibility index (Phi) is 2.79. The summed E-state index contributed by atoms with van der Waals surface area (Å²) >= 11 is 0. The highest BCUT2D eigenvalue weighted by Gasteiger charge is 2.08. The smallest absolute Gasteiger partial charge is 0.303 e. The predicted octanol–water partition coefficient (Wildman–Crippen LogP) is 0.649. The number of aliphatic carboxylic acids is 1. The predicted molar refractivity (Wildman–Crippen MR) is 39.6 cm³/mol. The van der Waals surface area contributed by atoms with Crippen molar-refractivity contribution >= 4 is 5.97 Å². The zero-order valence-electron chi connectivity index (χ0n) is 6.78. The van der Waals surface area contributed by atoms with Crippen LogP contribution in [0.1, 0.15) is 24.7 Å². The van der Waals surface area contributed by atoms with Crippen molar-refractivity contribution in [1.82, 2.24) is 10.3 Å². The van der Waals surface area contributed by atoms with Gasteiger partial charge in [0.25, 0.3) is 0 Å². The molecule has 1 aromatic heterocycles. The number of hydrogen-bond acceptors (Lipinski definition) is 4. The molecule has 0 atom stereocenters. The quantitative estimate of drug-likeness (QED) is 0.717. The van der Waals surface area contributed by atoms with Crippen LogP contribution in [0.2, 0.25) is 0 Å². The first kappa shape index (κ1) is 8.70.